The third kappa shape index (κ3) is 5.11. The molecule has 1 N–H and O–H groups in total. The Kier molecular flexibility index (Phi) is 7.94. The van der Waals surface area contributed by atoms with Gasteiger partial charge >= 0.3 is 0 Å². The van der Waals surface area contributed by atoms with Gasteiger partial charge in [-0.3, -0.25) is 14.4 Å². The standard InChI is InChI=1S/C31H34N2O5/c1-36-23-17-18-26(27(19-23)37-2)29-28(30(34)32-38-20-21-11-5-3-6-12-21)24-15-9-10-16-25(24)31(35)33(29)22-13-7-4-8-14-22/h3,5-6,9-12,15-19,22,28-29H,4,7-8,13-14,20H2,1-2H3,(H,32,34)/t28-,29+/m1/s1. The van der Waals surface area contributed by atoms with Crippen molar-refractivity contribution in [3.05, 3.63) is 95.1 Å². The van der Waals surface area contributed by atoms with Crippen molar-refractivity contribution in [2.24, 2.45) is 0 Å². The molecule has 0 radical (unpaired) electrons. The van der Waals surface area contributed by atoms with Gasteiger partial charge < -0.3 is 14.4 Å². The summed E-state index contributed by atoms with van der Waals surface area (Å²) >= 11 is 0. The number of hydroxylamine groups is 1. The molecule has 0 unspecified atom stereocenters. The Morgan fingerprint density at radius 1 is 0.895 bits per heavy atom. The van der Waals surface area contributed by atoms with Gasteiger partial charge in [0.15, 0.2) is 0 Å². The number of hydrogen-bond donors (Lipinski definition) is 1. The predicted octanol–water partition coefficient (Wildman–Crippen LogP) is 5.57. The van der Waals surface area contributed by atoms with E-state index in [1.807, 2.05) is 71.6 Å². The summed E-state index contributed by atoms with van der Waals surface area (Å²) in [5.74, 6) is 0.174. The van der Waals surface area contributed by atoms with Crippen molar-refractivity contribution in [1.29, 1.82) is 0 Å². The second-order valence-electron chi connectivity index (χ2n) is 9.86. The number of amides is 2. The number of nitrogens with one attached hydrogen (secondary N) is 1. The van der Waals surface area contributed by atoms with Crippen molar-refractivity contribution < 1.29 is 23.9 Å². The van der Waals surface area contributed by atoms with E-state index in [0.29, 0.717) is 22.6 Å². The van der Waals surface area contributed by atoms with Crippen molar-refractivity contribution in [3.8, 4) is 11.5 Å². The van der Waals surface area contributed by atoms with Crippen LogP contribution in [-0.4, -0.2) is 37.0 Å². The van der Waals surface area contributed by atoms with Crippen molar-refractivity contribution >= 4 is 11.8 Å². The molecule has 3 aromatic rings. The molecule has 0 saturated heterocycles. The third-order valence-electron chi connectivity index (χ3n) is 7.64. The lowest BCUT2D eigenvalue weighted by atomic mass is 9.77. The fourth-order valence-corrected chi connectivity index (χ4v) is 5.82. The van der Waals surface area contributed by atoms with Crippen molar-refractivity contribution in [3.63, 3.8) is 0 Å². The molecule has 38 heavy (non-hydrogen) atoms. The smallest absolute Gasteiger partial charge is 0.254 e. The molecular formula is C31H34N2O5. The zero-order valence-electron chi connectivity index (χ0n) is 21.9. The van der Waals surface area contributed by atoms with Crippen molar-refractivity contribution in [2.75, 3.05) is 14.2 Å². The summed E-state index contributed by atoms with van der Waals surface area (Å²) in [5.41, 5.74) is 5.66. The Bertz CT molecular complexity index is 1270. The lowest BCUT2D eigenvalue weighted by Crippen LogP contribution is -2.52. The van der Waals surface area contributed by atoms with Crippen LogP contribution in [0.5, 0.6) is 11.5 Å². The molecule has 2 aliphatic rings. The second kappa shape index (κ2) is 11.7. The van der Waals surface area contributed by atoms with Crippen LogP contribution in [-0.2, 0) is 16.2 Å². The van der Waals surface area contributed by atoms with Gasteiger partial charge in [-0.15, -0.1) is 0 Å². The molecule has 0 aromatic heterocycles. The van der Waals surface area contributed by atoms with Crippen molar-refractivity contribution in [2.45, 2.75) is 56.7 Å². The fraction of sp³-hybridized carbons (Fsp3) is 0.355. The van der Waals surface area contributed by atoms with Crippen LogP contribution in [0.1, 0.15) is 71.1 Å². The number of carbonyl (C=O) groups is 2. The molecule has 7 nitrogen and oxygen atoms in total. The van der Waals surface area contributed by atoms with Crippen LogP contribution in [0.4, 0.5) is 0 Å². The lowest BCUT2D eigenvalue weighted by Gasteiger charge is -2.46. The van der Waals surface area contributed by atoms with Gasteiger partial charge in [-0.05, 0) is 42.2 Å². The number of nitrogens with zero attached hydrogens (tertiary/aromatic N) is 1. The maximum atomic E-state index is 14.1. The molecule has 1 saturated carbocycles. The largest absolute Gasteiger partial charge is 0.497 e. The minimum atomic E-state index is -0.691. The number of fused-ring (bicyclic) bond motifs is 1. The van der Waals surface area contributed by atoms with Crippen LogP contribution in [0.15, 0.2) is 72.8 Å². The molecule has 1 aliphatic heterocycles. The maximum Gasteiger partial charge on any atom is 0.254 e. The molecule has 0 spiro atoms. The predicted molar refractivity (Wildman–Crippen MR) is 144 cm³/mol. The Labute approximate surface area is 223 Å². The minimum absolute atomic E-state index is 0.0296. The van der Waals surface area contributed by atoms with E-state index in [1.54, 1.807) is 20.3 Å². The molecule has 198 valence electrons. The lowest BCUT2D eigenvalue weighted by molar-refractivity contribution is -0.138. The number of rotatable bonds is 8. The number of benzene rings is 3. The highest BCUT2D eigenvalue weighted by molar-refractivity contribution is 6.01. The average molecular weight is 515 g/mol. The first-order valence-electron chi connectivity index (χ1n) is 13.2. The van der Waals surface area contributed by atoms with Crippen LogP contribution in [0.3, 0.4) is 0 Å². The molecule has 7 heteroatoms. The van der Waals surface area contributed by atoms with Crippen molar-refractivity contribution in [1.82, 2.24) is 10.4 Å². The number of carbonyl (C=O) groups excluding carboxylic acids is 2. The summed E-state index contributed by atoms with van der Waals surface area (Å²) in [5, 5.41) is 0. The molecule has 0 bridgehead atoms. The highest BCUT2D eigenvalue weighted by Gasteiger charge is 2.47. The summed E-state index contributed by atoms with van der Waals surface area (Å²) < 4.78 is 11.2. The first-order valence-corrected chi connectivity index (χ1v) is 13.2. The highest BCUT2D eigenvalue weighted by atomic mass is 16.6. The molecule has 3 aromatic carbocycles. The van der Waals surface area contributed by atoms with E-state index >= 15 is 0 Å². The first-order chi connectivity index (χ1) is 18.6. The zero-order valence-corrected chi connectivity index (χ0v) is 21.9. The SMILES string of the molecule is COc1ccc([C@H]2[C@H](C(=O)NOCc3ccccc3)c3ccccc3C(=O)N2C2CCCCC2)c(OC)c1. The third-order valence-corrected chi connectivity index (χ3v) is 7.64. The molecule has 2 atom stereocenters. The summed E-state index contributed by atoms with van der Waals surface area (Å²) in [6.07, 6.45) is 5.07. The van der Waals surface area contributed by atoms with Crippen LogP contribution < -0.4 is 15.0 Å². The fourth-order valence-electron chi connectivity index (χ4n) is 5.82. The molecule has 2 amide bonds. The second-order valence-corrected chi connectivity index (χ2v) is 9.86. The van der Waals surface area contributed by atoms with Crippen LogP contribution in [0, 0.1) is 0 Å². The minimum Gasteiger partial charge on any atom is -0.497 e. The van der Waals surface area contributed by atoms with Gasteiger partial charge in [0, 0.05) is 23.2 Å². The summed E-state index contributed by atoms with van der Waals surface area (Å²) in [6, 6.07) is 22.1. The van der Waals surface area contributed by atoms with E-state index in [-0.39, 0.29) is 24.5 Å². The molecule has 1 heterocycles. The van der Waals surface area contributed by atoms with E-state index in [2.05, 4.69) is 5.48 Å². The zero-order chi connectivity index (χ0) is 26.5. The van der Waals surface area contributed by atoms with Gasteiger partial charge in [0.1, 0.15) is 11.5 Å². The van der Waals surface area contributed by atoms with E-state index in [9.17, 15) is 9.59 Å². The summed E-state index contributed by atoms with van der Waals surface area (Å²) in [4.78, 5) is 35.7. The average Bonchev–Trinajstić information content (AvgIpc) is 2.97. The van der Waals surface area contributed by atoms with Gasteiger partial charge in [0.25, 0.3) is 11.8 Å². The number of hydrogen-bond acceptors (Lipinski definition) is 5. The molecule has 5 rings (SSSR count). The van der Waals surface area contributed by atoms with E-state index in [4.69, 9.17) is 14.3 Å². The van der Waals surface area contributed by atoms with Gasteiger partial charge in [-0.2, -0.15) is 0 Å². The molecule has 1 fully saturated rings. The quantitative estimate of drug-likeness (QED) is 0.398. The molecular weight excluding hydrogens is 480 g/mol. The molecule has 1 aliphatic carbocycles. The summed E-state index contributed by atoms with van der Waals surface area (Å²) in [6.45, 7) is 0.239. The number of methoxy groups -OCH3 is 2. The monoisotopic (exact) mass is 514 g/mol. The van der Waals surface area contributed by atoms with E-state index in [0.717, 1.165) is 43.2 Å². The topological polar surface area (TPSA) is 77.1 Å². The van der Waals surface area contributed by atoms with Crippen LogP contribution >= 0.6 is 0 Å². The number of ether oxygens (including phenoxy) is 2. The van der Waals surface area contributed by atoms with E-state index in [1.165, 1.54) is 0 Å². The Balaban J connectivity index is 1.58. The van der Waals surface area contributed by atoms with Gasteiger partial charge in [-0.25, -0.2) is 5.48 Å². The van der Waals surface area contributed by atoms with Gasteiger partial charge in [-0.1, -0.05) is 67.8 Å². The van der Waals surface area contributed by atoms with Crippen LogP contribution in [0.25, 0.3) is 0 Å². The van der Waals surface area contributed by atoms with Gasteiger partial charge in [0.2, 0.25) is 0 Å². The summed E-state index contributed by atoms with van der Waals surface area (Å²) in [7, 11) is 3.20. The maximum absolute atomic E-state index is 14.1. The van der Waals surface area contributed by atoms with Crippen LogP contribution in [0.2, 0.25) is 0 Å². The Hall–Kier alpha value is -3.84. The first kappa shape index (κ1) is 25.8. The normalized spacial score (nSPS) is 19.5. The van der Waals surface area contributed by atoms with E-state index < -0.39 is 12.0 Å². The van der Waals surface area contributed by atoms with Gasteiger partial charge in [0.05, 0.1) is 32.8 Å². The highest BCUT2D eigenvalue weighted by Crippen LogP contribution is 2.48. The Morgan fingerprint density at radius 2 is 1.63 bits per heavy atom. The Morgan fingerprint density at radius 3 is 2.37 bits per heavy atom.